The molecular formula is C19H15N3O. The maximum absolute atomic E-state index is 12.7. The molecule has 1 heterocycles. The number of aryl methyl sites for hydroxylation is 1. The van der Waals surface area contributed by atoms with E-state index in [0.717, 1.165) is 21.8 Å². The molecule has 0 fully saturated rings. The van der Waals surface area contributed by atoms with Crippen molar-refractivity contribution in [3.63, 3.8) is 0 Å². The van der Waals surface area contributed by atoms with Crippen LogP contribution in [0.3, 0.4) is 0 Å². The molecule has 0 saturated heterocycles. The fourth-order valence-corrected chi connectivity index (χ4v) is 2.90. The lowest BCUT2D eigenvalue weighted by Crippen LogP contribution is -2.21. The molecule has 112 valence electrons. The van der Waals surface area contributed by atoms with Crippen LogP contribution in [-0.2, 0) is 7.05 Å². The van der Waals surface area contributed by atoms with Crippen molar-refractivity contribution in [1.29, 1.82) is 0 Å². The predicted octanol–water partition coefficient (Wildman–Crippen LogP) is 3.34. The van der Waals surface area contributed by atoms with Crippen molar-refractivity contribution in [2.75, 3.05) is 5.73 Å². The highest BCUT2D eigenvalue weighted by Gasteiger charge is 2.13. The molecule has 23 heavy (non-hydrogen) atoms. The van der Waals surface area contributed by atoms with Crippen molar-refractivity contribution in [3.8, 4) is 11.3 Å². The van der Waals surface area contributed by atoms with Gasteiger partial charge in [0.1, 0.15) is 5.69 Å². The van der Waals surface area contributed by atoms with E-state index < -0.39 is 0 Å². The molecule has 0 aliphatic carbocycles. The summed E-state index contributed by atoms with van der Waals surface area (Å²) < 4.78 is 1.64. The lowest BCUT2D eigenvalue weighted by Gasteiger charge is -2.10. The summed E-state index contributed by atoms with van der Waals surface area (Å²) in [6, 6.07) is 19.4. The van der Waals surface area contributed by atoms with E-state index in [0.29, 0.717) is 16.9 Å². The quantitative estimate of drug-likeness (QED) is 0.433. The Hall–Kier alpha value is -3.14. The molecule has 0 aliphatic rings. The normalized spacial score (nSPS) is 11.2. The number of fused-ring (bicyclic) bond motifs is 2. The molecule has 2 N–H and O–H groups in total. The van der Waals surface area contributed by atoms with E-state index >= 15 is 0 Å². The number of para-hydroxylation sites is 1. The van der Waals surface area contributed by atoms with Crippen LogP contribution in [0.4, 0.5) is 5.69 Å². The van der Waals surface area contributed by atoms with Gasteiger partial charge in [-0.2, -0.15) is 0 Å². The number of nitrogens with zero attached hydrogens (tertiary/aromatic N) is 2. The first-order valence-corrected chi connectivity index (χ1v) is 7.39. The Morgan fingerprint density at radius 2 is 1.61 bits per heavy atom. The summed E-state index contributed by atoms with van der Waals surface area (Å²) in [5.41, 5.74) is 9.07. The highest BCUT2D eigenvalue weighted by molar-refractivity contribution is 5.95. The third-order valence-corrected chi connectivity index (χ3v) is 4.16. The number of nitrogens with two attached hydrogens (primary N) is 1. The van der Waals surface area contributed by atoms with E-state index in [1.165, 1.54) is 0 Å². The molecule has 4 aromatic rings. The third-order valence-electron chi connectivity index (χ3n) is 4.16. The molecule has 3 aromatic carbocycles. The number of hydrogen-bond donors (Lipinski definition) is 1. The minimum absolute atomic E-state index is 0.148. The van der Waals surface area contributed by atoms with E-state index in [-0.39, 0.29) is 5.56 Å². The van der Waals surface area contributed by atoms with Crippen molar-refractivity contribution < 1.29 is 0 Å². The van der Waals surface area contributed by atoms with Gasteiger partial charge in [0.15, 0.2) is 0 Å². The molecule has 0 unspecified atom stereocenters. The topological polar surface area (TPSA) is 60.9 Å². The SMILES string of the molecule is Cn1c(=O)c(-c2ccccc2N)nc2cc3ccccc3cc21. The zero-order valence-electron chi connectivity index (χ0n) is 12.7. The van der Waals surface area contributed by atoms with Crippen LogP contribution < -0.4 is 11.3 Å². The number of aromatic nitrogens is 2. The first-order valence-electron chi connectivity index (χ1n) is 7.39. The molecule has 0 aliphatic heterocycles. The van der Waals surface area contributed by atoms with Gasteiger partial charge in [-0.3, -0.25) is 4.79 Å². The minimum Gasteiger partial charge on any atom is -0.398 e. The zero-order valence-corrected chi connectivity index (χ0v) is 12.7. The van der Waals surface area contributed by atoms with Gasteiger partial charge in [-0.15, -0.1) is 0 Å². The standard InChI is InChI=1S/C19H15N3O/c1-22-17-11-13-7-3-2-6-12(13)10-16(17)21-18(19(22)23)14-8-4-5-9-15(14)20/h2-11H,20H2,1H3. The van der Waals surface area contributed by atoms with Gasteiger partial charge in [0.25, 0.3) is 5.56 Å². The van der Waals surface area contributed by atoms with Crippen LogP contribution in [0.25, 0.3) is 33.1 Å². The molecule has 1 aromatic heterocycles. The van der Waals surface area contributed by atoms with E-state index in [9.17, 15) is 4.79 Å². The second-order valence-electron chi connectivity index (χ2n) is 5.60. The molecule has 0 bridgehead atoms. The van der Waals surface area contributed by atoms with Gasteiger partial charge in [-0.1, -0.05) is 42.5 Å². The summed E-state index contributed by atoms with van der Waals surface area (Å²) in [6.45, 7) is 0. The van der Waals surface area contributed by atoms with E-state index in [4.69, 9.17) is 5.73 Å². The molecular weight excluding hydrogens is 286 g/mol. The van der Waals surface area contributed by atoms with Gasteiger partial charge in [0.2, 0.25) is 0 Å². The Morgan fingerprint density at radius 3 is 2.35 bits per heavy atom. The van der Waals surface area contributed by atoms with Crippen LogP contribution in [0.15, 0.2) is 65.5 Å². The second kappa shape index (κ2) is 4.95. The molecule has 0 radical (unpaired) electrons. The molecule has 4 rings (SSSR count). The number of hydrogen-bond acceptors (Lipinski definition) is 3. The lowest BCUT2D eigenvalue weighted by atomic mass is 10.1. The summed E-state index contributed by atoms with van der Waals surface area (Å²) in [4.78, 5) is 17.3. The van der Waals surface area contributed by atoms with Crippen LogP contribution in [0.1, 0.15) is 0 Å². The summed E-state index contributed by atoms with van der Waals surface area (Å²) in [5, 5.41) is 2.18. The Morgan fingerprint density at radius 1 is 0.957 bits per heavy atom. The third kappa shape index (κ3) is 2.07. The maximum atomic E-state index is 12.7. The predicted molar refractivity (Wildman–Crippen MR) is 94.3 cm³/mol. The Bertz CT molecular complexity index is 1110. The van der Waals surface area contributed by atoms with Crippen molar-refractivity contribution >= 4 is 27.5 Å². The van der Waals surface area contributed by atoms with Crippen molar-refractivity contribution in [1.82, 2.24) is 9.55 Å². The van der Waals surface area contributed by atoms with E-state index in [1.54, 1.807) is 17.7 Å². The smallest absolute Gasteiger partial charge is 0.277 e. The Kier molecular flexibility index (Phi) is 2.91. The number of anilines is 1. The first-order chi connectivity index (χ1) is 11.1. The van der Waals surface area contributed by atoms with Gasteiger partial charge < -0.3 is 10.3 Å². The van der Waals surface area contributed by atoms with Gasteiger partial charge in [0.05, 0.1) is 11.0 Å². The summed E-state index contributed by atoms with van der Waals surface area (Å²) >= 11 is 0. The molecule has 0 saturated carbocycles. The lowest BCUT2D eigenvalue weighted by molar-refractivity contribution is 0.897. The summed E-state index contributed by atoms with van der Waals surface area (Å²) in [7, 11) is 1.77. The monoisotopic (exact) mass is 301 g/mol. The van der Waals surface area contributed by atoms with Crippen molar-refractivity contribution in [2.24, 2.45) is 7.05 Å². The molecule has 0 atom stereocenters. The van der Waals surface area contributed by atoms with Crippen LogP contribution in [0, 0.1) is 0 Å². The highest BCUT2D eigenvalue weighted by Crippen LogP contribution is 2.25. The maximum Gasteiger partial charge on any atom is 0.277 e. The molecule has 0 amide bonds. The van der Waals surface area contributed by atoms with Gasteiger partial charge in [-0.25, -0.2) is 4.98 Å². The van der Waals surface area contributed by atoms with Gasteiger partial charge in [-0.05, 0) is 29.0 Å². The summed E-state index contributed by atoms with van der Waals surface area (Å²) in [5.74, 6) is 0. The minimum atomic E-state index is -0.148. The first kappa shape index (κ1) is 13.5. The van der Waals surface area contributed by atoms with Gasteiger partial charge >= 0.3 is 0 Å². The molecule has 4 nitrogen and oxygen atoms in total. The number of benzene rings is 3. The fourth-order valence-electron chi connectivity index (χ4n) is 2.90. The largest absolute Gasteiger partial charge is 0.398 e. The summed E-state index contributed by atoms with van der Waals surface area (Å²) in [6.07, 6.45) is 0. The van der Waals surface area contributed by atoms with Crippen LogP contribution in [0.2, 0.25) is 0 Å². The average Bonchev–Trinajstić information content (AvgIpc) is 2.57. The van der Waals surface area contributed by atoms with Crippen LogP contribution in [0.5, 0.6) is 0 Å². The van der Waals surface area contributed by atoms with Gasteiger partial charge in [0, 0.05) is 18.3 Å². The van der Waals surface area contributed by atoms with Crippen LogP contribution in [-0.4, -0.2) is 9.55 Å². The van der Waals surface area contributed by atoms with E-state index in [2.05, 4.69) is 4.98 Å². The van der Waals surface area contributed by atoms with E-state index in [1.807, 2.05) is 54.6 Å². The van der Waals surface area contributed by atoms with Crippen molar-refractivity contribution in [3.05, 3.63) is 71.0 Å². The Balaban J connectivity index is 2.12. The average molecular weight is 301 g/mol. The Labute approximate surface area is 132 Å². The zero-order chi connectivity index (χ0) is 16.0. The van der Waals surface area contributed by atoms with Crippen LogP contribution >= 0.6 is 0 Å². The van der Waals surface area contributed by atoms with Crippen molar-refractivity contribution in [2.45, 2.75) is 0 Å². The molecule has 4 heteroatoms. The molecule has 0 spiro atoms. The number of rotatable bonds is 1. The second-order valence-corrected chi connectivity index (χ2v) is 5.60. The number of nitrogen functional groups attached to an aromatic ring is 1. The fraction of sp³-hybridized carbons (Fsp3) is 0.0526. The highest BCUT2D eigenvalue weighted by atomic mass is 16.1.